The summed E-state index contributed by atoms with van der Waals surface area (Å²) in [6.07, 6.45) is 0. The van der Waals surface area contributed by atoms with Crippen LogP contribution >= 0.6 is 0 Å². The van der Waals surface area contributed by atoms with Crippen molar-refractivity contribution in [2.45, 2.75) is 0 Å². The van der Waals surface area contributed by atoms with Gasteiger partial charge in [-0.3, -0.25) is 4.57 Å². The Labute approximate surface area is 89.0 Å². The minimum atomic E-state index is -0.768. The second kappa shape index (κ2) is 3.48. The van der Waals surface area contributed by atoms with Crippen molar-refractivity contribution >= 4 is 17.1 Å². The highest BCUT2D eigenvalue weighted by atomic mass is 19.1. The largest absolute Gasteiger partial charge is 0.465 e. The maximum absolute atomic E-state index is 13.5. The molecule has 0 fully saturated rings. The Morgan fingerprint density at radius 3 is 2.81 bits per heavy atom. The summed E-state index contributed by atoms with van der Waals surface area (Å²) in [6, 6.07) is 2.31. The number of oxazole rings is 1. The van der Waals surface area contributed by atoms with Crippen LogP contribution in [0, 0.1) is 5.82 Å². The van der Waals surface area contributed by atoms with Gasteiger partial charge in [-0.25, -0.2) is 14.0 Å². The van der Waals surface area contributed by atoms with Crippen LogP contribution in [-0.2, 0) is 11.8 Å². The molecule has 1 aromatic heterocycles. The van der Waals surface area contributed by atoms with Crippen LogP contribution in [0.3, 0.4) is 0 Å². The number of rotatable bonds is 1. The molecule has 1 heterocycles. The van der Waals surface area contributed by atoms with Gasteiger partial charge in [-0.2, -0.15) is 0 Å². The van der Waals surface area contributed by atoms with Crippen molar-refractivity contribution < 1.29 is 18.3 Å². The summed E-state index contributed by atoms with van der Waals surface area (Å²) in [7, 11) is 2.62. The third-order valence-electron chi connectivity index (χ3n) is 2.27. The third-order valence-corrected chi connectivity index (χ3v) is 2.27. The number of carbonyl (C=O) groups is 1. The van der Waals surface area contributed by atoms with Crippen molar-refractivity contribution in [3.63, 3.8) is 0 Å². The van der Waals surface area contributed by atoms with Gasteiger partial charge in [0.1, 0.15) is 0 Å². The van der Waals surface area contributed by atoms with Crippen LogP contribution in [0.25, 0.3) is 11.1 Å². The summed E-state index contributed by atoms with van der Waals surface area (Å²) in [5.74, 6) is -2.12. The fourth-order valence-electron chi connectivity index (χ4n) is 1.42. The van der Waals surface area contributed by atoms with E-state index in [-0.39, 0.29) is 16.7 Å². The Kier molecular flexibility index (Phi) is 2.26. The van der Waals surface area contributed by atoms with E-state index in [1.807, 2.05) is 0 Å². The smallest absolute Gasteiger partial charge is 0.419 e. The van der Waals surface area contributed by atoms with E-state index in [1.54, 1.807) is 0 Å². The minimum absolute atomic E-state index is 0.0314. The lowest BCUT2D eigenvalue weighted by Gasteiger charge is -2.00. The van der Waals surface area contributed by atoms with Gasteiger partial charge in [-0.15, -0.1) is 0 Å². The highest BCUT2D eigenvalue weighted by Crippen LogP contribution is 2.19. The van der Waals surface area contributed by atoms with Crippen LogP contribution < -0.4 is 5.76 Å². The maximum atomic E-state index is 13.5. The number of benzene rings is 1. The number of methoxy groups -OCH3 is 1. The Morgan fingerprint density at radius 2 is 2.19 bits per heavy atom. The van der Waals surface area contributed by atoms with Gasteiger partial charge < -0.3 is 9.15 Å². The zero-order valence-electron chi connectivity index (χ0n) is 8.61. The van der Waals surface area contributed by atoms with Crippen molar-refractivity contribution in [3.05, 3.63) is 34.1 Å². The molecule has 0 aliphatic carbocycles. The van der Waals surface area contributed by atoms with E-state index in [0.29, 0.717) is 0 Å². The third kappa shape index (κ3) is 1.39. The van der Waals surface area contributed by atoms with Crippen LogP contribution in [0.1, 0.15) is 10.4 Å². The van der Waals surface area contributed by atoms with Gasteiger partial charge in [0.15, 0.2) is 11.4 Å². The Balaban J connectivity index is 2.80. The summed E-state index contributed by atoms with van der Waals surface area (Å²) in [4.78, 5) is 22.4. The number of carbonyl (C=O) groups excluding carboxylic acids is 1. The molecule has 2 rings (SSSR count). The Hall–Kier alpha value is -2.11. The number of aryl methyl sites for hydroxylation is 1. The molecule has 0 unspecified atom stereocenters. The molecule has 0 amide bonds. The van der Waals surface area contributed by atoms with Crippen LogP contribution in [0.15, 0.2) is 21.3 Å². The molecule has 0 N–H and O–H groups in total. The Morgan fingerprint density at radius 1 is 1.50 bits per heavy atom. The fraction of sp³-hybridized carbons (Fsp3) is 0.200. The van der Waals surface area contributed by atoms with E-state index in [4.69, 9.17) is 0 Å². The van der Waals surface area contributed by atoms with Crippen molar-refractivity contribution in [2.75, 3.05) is 7.11 Å². The highest BCUT2D eigenvalue weighted by molar-refractivity contribution is 5.93. The molecule has 0 aliphatic heterocycles. The van der Waals surface area contributed by atoms with E-state index in [0.717, 1.165) is 10.6 Å². The van der Waals surface area contributed by atoms with Gasteiger partial charge >= 0.3 is 11.7 Å². The lowest BCUT2D eigenvalue weighted by molar-refractivity contribution is 0.0600. The van der Waals surface area contributed by atoms with Crippen LogP contribution in [0.5, 0.6) is 0 Å². The van der Waals surface area contributed by atoms with Gasteiger partial charge in [0.2, 0.25) is 0 Å². The molecule has 1 aromatic carbocycles. The topological polar surface area (TPSA) is 61.4 Å². The predicted octanol–water partition coefficient (Wildman–Crippen LogP) is 1.06. The first-order chi connectivity index (χ1) is 7.54. The molecule has 0 radical (unpaired) electrons. The first-order valence-electron chi connectivity index (χ1n) is 4.42. The van der Waals surface area contributed by atoms with Gasteiger partial charge in [-0.05, 0) is 12.1 Å². The standard InChI is InChI=1S/C10H8FNO4/c1-12-7-4-5(9(13)15-2)3-6(11)8(7)16-10(12)14/h3-4H,1-2H3. The second-order valence-corrected chi connectivity index (χ2v) is 3.22. The van der Waals surface area contributed by atoms with E-state index in [2.05, 4.69) is 9.15 Å². The summed E-state index contributed by atoms with van der Waals surface area (Å²) in [6.45, 7) is 0. The van der Waals surface area contributed by atoms with Crippen molar-refractivity contribution in [3.8, 4) is 0 Å². The molecule has 0 atom stereocenters. The zero-order chi connectivity index (χ0) is 11.9. The SMILES string of the molecule is COC(=O)c1cc(F)c2oc(=O)n(C)c2c1. The number of fused-ring (bicyclic) bond motifs is 1. The van der Waals surface area contributed by atoms with Gasteiger partial charge in [0.05, 0.1) is 18.2 Å². The Bertz CT molecular complexity index is 626. The summed E-state index contributed by atoms with van der Waals surface area (Å²) >= 11 is 0. The van der Waals surface area contributed by atoms with E-state index in [1.165, 1.54) is 20.2 Å². The zero-order valence-corrected chi connectivity index (χ0v) is 8.61. The second-order valence-electron chi connectivity index (χ2n) is 3.22. The lowest BCUT2D eigenvalue weighted by atomic mass is 10.2. The van der Waals surface area contributed by atoms with Crippen molar-refractivity contribution in [1.82, 2.24) is 4.57 Å². The minimum Gasteiger partial charge on any atom is -0.465 e. The highest BCUT2D eigenvalue weighted by Gasteiger charge is 2.16. The maximum Gasteiger partial charge on any atom is 0.419 e. The molecular weight excluding hydrogens is 217 g/mol. The van der Waals surface area contributed by atoms with E-state index >= 15 is 0 Å². The number of hydrogen-bond donors (Lipinski definition) is 0. The van der Waals surface area contributed by atoms with Crippen LogP contribution in [-0.4, -0.2) is 17.6 Å². The molecule has 0 bridgehead atoms. The molecule has 0 saturated heterocycles. The summed E-state index contributed by atoms with van der Waals surface area (Å²) in [5, 5.41) is 0. The number of esters is 1. The molecule has 2 aromatic rings. The molecule has 6 heteroatoms. The van der Waals surface area contributed by atoms with Crippen LogP contribution in [0.2, 0.25) is 0 Å². The lowest BCUT2D eigenvalue weighted by Crippen LogP contribution is -2.09. The molecule has 5 nitrogen and oxygen atoms in total. The monoisotopic (exact) mass is 225 g/mol. The number of ether oxygens (including phenoxy) is 1. The number of halogens is 1. The quantitative estimate of drug-likeness (QED) is 0.681. The number of nitrogens with zero attached hydrogens (tertiary/aromatic N) is 1. The first-order valence-corrected chi connectivity index (χ1v) is 4.42. The van der Waals surface area contributed by atoms with E-state index in [9.17, 15) is 14.0 Å². The average Bonchev–Trinajstić information content (AvgIpc) is 2.56. The summed E-state index contributed by atoms with van der Waals surface area (Å²) in [5.41, 5.74) is 0.0782. The summed E-state index contributed by atoms with van der Waals surface area (Å²) < 4.78 is 23.7. The van der Waals surface area contributed by atoms with Crippen molar-refractivity contribution in [2.24, 2.45) is 7.05 Å². The van der Waals surface area contributed by atoms with Gasteiger partial charge in [0, 0.05) is 7.05 Å². The normalized spacial score (nSPS) is 10.7. The molecule has 0 saturated carbocycles. The molecule has 0 spiro atoms. The van der Waals surface area contributed by atoms with Crippen LogP contribution in [0.4, 0.5) is 4.39 Å². The molecular formula is C10H8FNO4. The van der Waals surface area contributed by atoms with Gasteiger partial charge in [0.25, 0.3) is 0 Å². The first kappa shape index (κ1) is 10.4. The fourth-order valence-corrected chi connectivity index (χ4v) is 1.42. The van der Waals surface area contributed by atoms with E-state index < -0.39 is 17.5 Å². The number of hydrogen-bond acceptors (Lipinski definition) is 4. The average molecular weight is 225 g/mol. The molecule has 84 valence electrons. The van der Waals surface area contributed by atoms with Gasteiger partial charge in [-0.1, -0.05) is 0 Å². The van der Waals surface area contributed by atoms with Crippen molar-refractivity contribution in [1.29, 1.82) is 0 Å². The molecule has 16 heavy (non-hydrogen) atoms. The molecule has 0 aliphatic rings. The predicted molar refractivity (Wildman–Crippen MR) is 52.8 cm³/mol. The number of aromatic nitrogens is 1.